The van der Waals surface area contributed by atoms with E-state index in [0.717, 1.165) is 22.1 Å². The Hall–Kier alpha value is -1.61. The molecule has 0 fully saturated rings. The summed E-state index contributed by atoms with van der Waals surface area (Å²) in [5.74, 6) is 0.858. The number of carbonyl (C=O) groups is 1. The molecule has 0 aromatic heterocycles. The molecule has 1 aromatic rings. The van der Waals surface area contributed by atoms with Gasteiger partial charge in [0, 0.05) is 11.6 Å². The summed E-state index contributed by atoms with van der Waals surface area (Å²) in [5.41, 5.74) is 2.89. The maximum Gasteiger partial charge on any atom is 0.150 e. The van der Waals surface area contributed by atoms with Crippen molar-refractivity contribution in [2.75, 3.05) is 27.7 Å². The maximum atomic E-state index is 10.8. The van der Waals surface area contributed by atoms with Crippen molar-refractivity contribution in [3.8, 4) is 5.75 Å². The van der Waals surface area contributed by atoms with Crippen LogP contribution in [-0.2, 0) is 0 Å². The van der Waals surface area contributed by atoms with Crippen LogP contribution in [0.4, 0.5) is 0 Å². The largest absolute Gasteiger partial charge is 0.488 e. The lowest BCUT2D eigenvalue weighted by molar-refractivity contribution is -0.796. The second-order valence-corrected chi connectivity index (χ2v) is 4.79. The highest BCUT2D eigenvalue weighted by molar-refractivity contribution is 5.79. The van der Waals surface area contributed by atoms with Crippen LogP contribution in [0.2, 0.25) is 0 Å². The van der Waals surface area contributed by atoms with Gasteiger partial charge in [0.2, 0.25) is 0 Å². The second-order valence-electron chi connectivity index (χ2n) is 4.79. The highest BCUT2D eigenvalue weighted by Gasteiger charge is 2.25. The zero-order chi connectivity index (χ0) is 11.8. The average molecular weight is 218 g/mol. The molecule has 3 heteroatoms. The van der Waals surface area contributed by atoms with Gasteiger partial charge >= 0.3 is 0 Å². The number of ether oxygens (including phenoxy) is 1. The van der Waals surface area contributed by atoms with Crippen LogP contribution >= 0.6 is 0 Å². The summed E-state index contributed by atoms with van der Waals surface area (Å²) < 4.78 is 6.27. The molecule has 1 aromatic carbocycles. The number of rotatable bonds is 2. The third-order valence-electron chi connectivity index (χ3n) is 2.65. The van der Waals surface area contributed by atoms with Gasteiger partial charge in [-0.3, -0.25) is 9.28 Å². The fourth-order valence-electron chi connectivity index (χ4n) is 1.90. The average Bonchev–Trinajstić information content (AvgIpc) is 2.26. The van der Waals surface area contributed by atoms with E-state index in [-0.39, 0.29) is 0 Å². The van der Waals surface area contributed by atoms with Crippen LogP contribution in [0.5, 0.6) is 5.75 Å². The highest BCUT2D eigenvalue weighted by atomic mass is 16.5. The molecule has 0 bridgehead atoms. The summed E-state index contributed by atoms with van der Waals surface area (Å²) >= 11 is 0. The van der Waals surface area contributed by atoms with Gasteiger partial charge in [-0.1, -0.05) is 0 Å². The Balaban J connectivity index is 2.55. The number of benzene rings is 1. The SMILES string of the molecule is C[N+](C)(C)C1=CCOc2ccc(C=O)cc21. The van der Waals surface area contributed by atoms with Crippen LogP contribution in [0, 0.1) is 0 Å². The molecule has 1 heterocycles. The van der Waals surface area contributed by atoms with E-state index in [1.807, 2.05) is 12.1 Å². The Morgan fingerprint density at radius 1 is 1.31 bits per heavy atom. The molecule has 2 rings (SSSR count). The molecule has 1 aliphatic heterocycles. The summed E-state index contributed by atoms with van der Waals surface area (Å²) in [6.07, 6.45) is 2.93. The standard InChI is InChI=1S/C13H16NO2/c1-14(2,3)12-6-7-16-13-5-4-10(9-15)8-11(12)13/h4-6,8-9H,7H2,1-3H3/q+1. The van der Waals surface area contributed by atoms with E-state index in [9.17, 15) is 4.79 Å². The zero-order valence-electron chi connectivity index (χ0n) is 9.86. The minimum absolute atomic E-state index is 0.596. The van der Waals surface area contributed by atoms with Gasteiger partial charge in [0.1, 0.15) is 24.3 Å². The molecule has 0 aliphatic carbocycles. The van der Waals surface area contributed by atoms with Crippen LogP contribution < -0.4 is 4.74 Å². The molecule has 0 spiro atoms. The summed E-state index contributed by atoms with van der Waals surface area (Å²) in [5, 5.41) is 0. The molecular weight excluding hydrogens is 202 g/mol. The number of hydrogen-bond donors (Lipinski definition) is 0. The molecule has 0 unspecified atom stereocenters. The molecule has 16 heavy (non-hydrogen) atoms. The van der Waals surface area contributed by atoms with E-state index in [4.69, 9.17) is 4.74 Å². The summed E-state index contributed by atoms with van der Waals surface area (Å²) in [6, 6.07) is 5.53. The van der Waals surface area contributed by atoms with Gasteiger partial charge in [-0.25, -0.2) is 0 Å². The number of aldehydes is 1. The first-order valence-electron chi connectivity index (χ1n) is 5.27. The minimum atomic E-state index is 0.596. The topological polar surface area (TPSA) is 26.3 Å². The van der Waals surface area contributed by atoms with Crippen molar-refractivity contribution >= 4 is 12.0 Å². The van der Waals surface area contributed by atoms with E-state index in [0.29, 0.717) is 12.2 Å². The van der Waals surface area contributed by atoms with Crippen molar-refractivity contribution in [3.63, 3.8) is 0 Å². The molecule has 0 amide bonds. The highest BCUT2D eigenvalue weighted by Crippen LogP contribution is 2.33. The Labute approximate surface area is 95.5 Å². The van der Waals surface area contributed by atoms with E-state index in [1.54, 1.807) is 6.07 Å². The number of nitrogens with zero attached hydrogens (tertiary/aromatic N) is 1. The Morgan fingerprint density at radius 2 is 2.06 bits per heavy atom. The number of quaternary nitrogens is 1. The van der Waals surface area contributed by atoms with Crippen molar-refractivity contribution in [3.05, 3.63) is 35.4 Å². The van der Waals surface area contributed by atoms with Gasteiger partial charge in [-0.15, -0.1) is 0 Å². The van der Waals surface area contributed by atoms with Gasteiger partial charge in [0.25, 0.3) is 0 Å². The van der Waals surface area contributed by atoms with Gasteiger partial charge in [0.05, 0.1) is 26.7 Å². The molecule has 0 saturated carbocycles. The molecule has 0 atom stereocenters. The summed E-state index contributed by atoms with van der Waals surface area (Å²) in [7, 11) is 6.32. The molecule has 0 radical (unpaired) electrons. The van der Waals surface area contributed by atoms with E-state index in [1.165, 1.54) is 5.70 Å². The van der Waals surface area contributed by atoms with E-state index in [2.05, 4.69) is 27.2 Å². The Kier molecular flexibility index (Phi) is 2.56. The number of carbonyl (C=O) groups excluding carboxylic acids is 1. The second kappa shape index (κ2) is 3.76. The normalized spacial score (nSPS) is 14.8. The summed E-state index contributed by atoms with van der Waals surface area (Å²) in [6.45, 7) is 0.596. The molecule has 0 saturated heterocycles. The van der Waals surface area contributed by atoms with E-state index >= 15 is 0 Å². The molecule has 0 N–H and O–H groups in total. The van der Waals surface area contributed by atoms with E-state index < -0.39 is 0 Å². The Morgan fingerprint density at radius 3 is 2.69 bits per heavy atom. The van der Waals surface area contributed by atoms with Crippen LogP contribution in [0.3, 0.4) is 0 Å². The smallest absolute Gasteiger partial charge is 0.150 e. The van der Waals surface area contributed by atoms with Gasteiger partial charge < -0.3 is 4.74 Å². The van der Waals surface area contributed by atoms with Crippen molar-refractivity contribution < 1.29 is 14.0 Å². The van der Waals surface area contributed by atoms with Gasteiger partial charge in [-0.2, -0.15) is 0 Å². The zero-order valence-corrected chi connectivity index (χ0v) is 9.86. The molecule has 3 nitrogen and oxygen atoms in total. The van der Waals surface area contributed by atoms with Crippen molar-refractivity contribution in [2.24, 2.45) is 0 Å². The Bertz CT molecular complexity index is 455. The molecule has 1 aliphatic rings. The lowest BCUT2D eigenvalue weighted by atomic mass is 10.0. The van der Waals surface area contributed by atoms with Crippen LogP contribution in [0.1, 0.15) is 15.9 Å². The predicted molar refractivity (Wildman–Crippen MR) is 63.3 cm³/mol. The lowest BCUT2D eigenvalue weighted by Gasteiger charge is -2.30. The van der Waals surface area contributed by atoms with Crippen LogP contribution in [0.25, 0.3) is 5.70 Å². The third-order valence-corrected chi connectivity index (χ3v) is 2.65. The first-order chi connectivity index (χ1) is 7.52. The first kappa shape index (κ1) is 10.9. The number of hydrogen-bond acceptors (Lipinski definition) is 2. The van der Waals surface area contributed by atoms with Gasteiger partial charge in [0.15, 0.2) is 0 Å². The first-order valence-corrected chi connectivity index (χ1v) is 5.27. The third kappa shape index (κ3) is 1.86. The van der Waals surface area contributed by atoms with Crippen LogP contribution in [-0.4, -0.2) is 38.5 Å². The van der Waals surface area contributed by atoms with Crippen molar-refractivity contribution in [2.45, 2.75) is 0 Å². The van der Waals surface area contributed by atoms with Gasteiger partial charge in [-0.05, 0) is 18.2 Å². The monoisotopic (exact) mass is 218 g/mol. The molecular formula is C13H16NO2+. The van der Waals surface area contributed by atoms with Crippen LogP contribution in [0.15, 0.2) is 24.3 Å². The lowest BCUT2D eigenvalue weighted by Crippen LogP contribution is -2.33. The fourth-order valence-corrected chi connectivity index (χ4v) is 1.90. The number of fused-ring (bicyclic) bond motifs is 1. The maximum absolute atomic E-state index is 10.8. The van der Waals surface area contributed by atoms with Crippen molar-refractivity contribution in [1.29, 1.82) is 0 Å². The molecule has 84 valence electrons. The minimum Gasteiger partial charge on any atom is -0.488 e. The fraction of sp³-hybridized carbons (Fsp3) is 0.308. The van der Waals surface area contributed by atoms with Crippen molar-refractivity contribution in [1.82, 2.24) is 0 Å². The predicted octanol–water partition coefficient (Wildman–Crippen LogP) is 1.94. The quantitative estimate of drug-likeness (QED) is 0.560. The summed E-state index contributed by atoms with van der Waals surface area (Å²) in [4.78, 5) is 10.8.